The van der Waals surface area contributed by atoms with E-state index in [1.165, 1.54) is 24.3 Å². The van der Waals surface area contributed by atoms with E-state index in [1.54, 1.807) is 0 Å². The van der Waals surface area contributed by atoms with Crippen molar-refractivity contribution in [3.63, 3.8) is 0 Å². The van der Waals surface area contributed by atoms with Gasteiger partial charge in [-0.25, -0.2) is 12.8 Å². The highest BCUT2D eigenvalue weighted by Gasteiger charge is 2.20. The fourth-order valence-corrected chi connectivity index (χ4v) is 3.56. The maximum atomic E-state index is 13.7. The number of benzene rings is 2. The molecule has 0 aliphatic heterocycles. The van der Waals surface area contributed by atoms with Crippen LogP contribution in [0.3, 0.4) is 0 Å². The molecule has 0 radical (unpaired) electrons. The molecule has 0 spiro atoms. The summed E-state index contributed by atoms with van der Waals surface area (Å²) in [4.78, 5) is -0.478. The third-order valence-electron chi connectivity index (χ3n) is 2.42. The summed E-state index contributed by atoms with van der Waals surface area (Å²) < 4.78 is 40.7. The molecule has 20 heavy (non-hydrogen) atoms. The van der Waals surface area contributed by atoms with Crippen LogP contribution >= 0.6 is 27.5 Å². The summed E-state index contributed by atoms with van der Waals surface area (Å²) in [7, 11) is -4.05. The van der Waals surface area contributed by atoms with Crippen LogP contribution in [0.1, 0.15) is 0 Å². The van der Waals surface area contributed by atoms with Crippen molar-refractivity contribution >= 4 is 48.9 Å². The van der Waals surface area contributed by atoms with Crippen molar-refractivity contribution in [2.45, 2.75) is 4.90 Å². The third kappa shape index (κ3) is 3.23. The lowest BCUT2D eigenvalue weighted by Crippen LogP contribution is -2.15. The van der Waals surface area contributed by atoms with Crippen molar-refractivity contribution < 1.29 is 12.8 Å². The van der Waals surface area contributed by atoms with Crippen LogP contribution in [0.4, 0.5) is 15.8 Å². The van der Waals surface area contributed by atoms with Gasteiger partial charge in [-0.05, 0) is 52.3 Å². The standard InChI is InChI=1S/C12H9BrClFN2O2S/c13-9-5-7(14)1-3-11(9)17-20(18,19)12-4-2-8(16)6-10(12)15/h1-6,17H,16H2. The Kier molecular flexibility index (Phi) is 4.22. The van der Waals surface area contributed by atoms with Crippen LogP contribution in [-0.4, -0.2) is 8.42 Å². The highest BCUT2D eigenvalue weighted by molar-refractivity contribution is 9.10. The summed E-state index contributed by atoms with van der Waals surface area (Å²) in [5.41, 5.74) is 5.79. The van der Waals surface area contributed by atoms with Gasteiger partial charge in [-0.3, -0.25) is 4.72 Å². The maximum Gasteiger partial charge on any atom is 0.264 e. The molecule has 2 rings (SSSR count). The molecule has 0 aromatic heterocycles. The number of sulfonamides is 1. The summed E-state index contributed by atoms with van der Waals surface area (Å²) in [6.45, 7) is 0. The normalized spacial score (nSPS) is 11.3. The lowest BCUT2D eigenvalue weighted by atomic mass is 10.3. The Morgan fingerprint density at radius 3 is 2.50 bits per heavy atom. The highest BCUT2D eigenvalue weighted by Crippen LogP contribution is 2.28. The van der Waals surface area contributed by atoms with Gasteiger partial charge in [0.25, 0.3) is 10.0 Å². The number of nitrogens with two attached hydrogens (primary N) is 1. The van der Waals surface area contributed by atoms with Gasteiger partial charge < -0.3 is 5.73 Å². The van der Waals surface area contributed by atoms with E-state index in [0.717, 1.165) is 12.1 Å². The van der Waals surface area contributed by atoms with Gasteiger partial charge in [-0.2, -0.15) is 0 Å². The van der Waals surface area contributed by atoms with E-state index in [1.807, 2.05) is 0 Å². The smallest absolute Gasteiger partial charge is 0.264 e. The molecule has 0 amide bonds. The molecule has 0 atom stereocenters. The number of nitrogens with one attached hydrogen (secondary N) is 1. The van der Waals surface area contributed by atoms with E-state index in [4.69, 9.17) is 17.3 Å². The van der Waals surface area contributed by atoms with E-state index < -0.39 is 20.7 Å². The Balaban J connectivity index is 2.41. The Bertz CT molecular complexity index is 768. The van der Waals surface area contributed by atoms with Gasteiger partial charge in [-0.1, -0.05) is 11.6 Å². The minimum Gasteiger partial charge on any atom is -0.399 e. The summed E-state index contributed by atoms with van der Waals surface area (Å²) in [6.07, 6.45) is 0. The fraction of sp³-hybridized carbons (Fsp3) is 0. The average molecular weight is 380 g/mol. The van der Waals surface area contributed by atoms with Crippen molar-refractivity contribution in [2.24, 2.45) is 0 Å². The maximum absolute atomic E-state index is 13.7. The first-order valence-corrected chi connectivity index (χ1v) is 7.98. The van der Waals surface area contributed by atoms with E-state index in [9.17, 15) is 12.8 Å². The van der Waals surface area contributed by atoms with Crippen LogP contribution in [0.2, 0.25) is 5.02 Å². The number of hydrogen-bond donors (Lipinski definition) is 2. The fourth-order valence-electron chi connectivity index (χ4n) is 1.51. The van der Waals surface area contributed by atoms with Crippen LogP contribution in [0, 0.1) is 5.82 Å². The van der Waals surface area contributed by atoms with E-state index in [0.29, 0.717) is 9.50 Å². The van der Waals surface area contributed by atoms with Gasteiger partial charge >= 0.3 is 0 Å². The van der Waals surface area contributed by atoms with Crippen LogP contribution in [0.5, 0.6) is 0 Å². The topological polar surface area (TPSA) is 72.2 Å². The number of rotatable bonds is 3. The second-order valence-corrected chi connectivity index (χ2v) is 6.86. The van der Waals surface area contributed by atoms with Gasteiger partial charge in [0.15, 0.2) is 0 Å². The number of hydrogen-bond acceptors (Lipinski definition) is 3. The van der Waals surface area contributed by atoms with E-state index in [-0.39, 0.29) is 11.4 Å². The first kappa shape index (κ1) is 15.1. The van der Waals surface area contributed by atoms with Gasteiger partial charge in [0.2, 0.25) is 0 Å². The lowest BCUT2D eigenvalue weighted by molar-refractivity contribution is 0.571. The molecule has 0 unspecified atom stereocenters. The Morgan fingerprint density at radius 1 is 1.20 bits per heavy atom. The molecule has 4 nitrogen and oxygen atoms in total. The molecule has 0 aliphatic carbocycles. The van der Waals surface area contributed by atoms with Crippen LogP contribution < -0.4 is 10.5 Å². The monoisotopic (exact) mass is 378 g/mol. The predicted molar refractivity (Wildman–Crippen MR) is 80.8 cm³/mol. The summed E-state index contributed by atoms with van der Waals surface area (Å²) in [6, 6.07) is 7.89. The summed E-state index contributed by atoms with van der Waals surface area (Å²) in [5.74, 6) is -0.914. The highest BCUT2D eigenvalue weighted by atomic mass is 79.9. The second kappa shape index (κ2) is 5.59. The molecule has 8 heteroatoms. The molecule has 0 saturated heterocycles. The zero-order valence-corrected chi connectivity index (χ0v) is 13.1. The van der Waals surface area contributed by atoms with E-state index in [2.05, 4.69) is 20.7 Å². The van der Waals surface area contributed by atoms with Crippen molar-refractivity contribution in [1.82, 2.24) is 0 Å². The molecule has 2 aromatic rings. The molecular formula is C12H9BrClFN2O2S. The minimum atomic E-state index is -4.05. The Labute approximate surface area is 128 Å². The molecule has 0 bridgehead atoms. The molecule has 0 heterocycles. The molecule has 2 aromatic carbocycles. The largest absolute Gasteiger partial charge is 0.399 e. The van der Waals surface area contributed by atoms with Crippen molar-refractivity contribution in [2.75, 3.05) is 10.5 Å². The molecule has 3 N–H and O–H groups in total. The second-order valence-electron chi connectivity index (χ2n) is 3.92. The van der Waals surface area contributed by atoms with Crippen molar-refractivity contribution in [3.05, 3.63) is 51.7 Å². The SMILES string of the molecule is Nc1ccc(S(=O)(=O)Nc2ccc(Cl)cc2Br)c(F)c1. The molecule has 0 saturated carbocycles. The van der Waals surface area contributed by atoms with Gasteiger partial charge in [0.05, 0.1) is 5.69 Å². The van der Waals surface area contributed by atoms with Crippen LogP contribution in [-0.2, 0) is 10.0 Å². The van der Waals surface area contributed by atoms with Gasteiger partial charge in [-0.15, -0.1) is 0 Å². The van der Waals surface area contributed by atoms with Crippen LogP contribution in [0.25, 0.3) is 0 Å². The van der Waals surface area contributed by atoms with Crippen molar-refractivity contribution in [1.29, 1.82) is 0 Å². The third-order valence-corrected chi connectivity index (χ3v) is 4.71. The molecular weight excluding hydrogens is 371 g/mol. The van der Waals surface area contributed by atoms with Crippen LogP contribution in [0.15, 0.2) is 45.8 Å². The number of anilines is 2. The zero-order chi connectivity index (χ0) is 14.9. The number of halogens is 3. The predicted octanol–water partition coefficient (Wildman–Crippen LogP) is 3.62. The van der Waals surface area contributed by atoms with E-state index >= 15 is 0 Å². The minimum absolute atomic E-state index is 0.147. The number of nitrogen functional groups attached to an aromatic ring is 1. The summed E-state index contributed by atoms with van der Waals surface area (Å²) in [5, 5.41) is 0.443. The Morgan fingerprint density at radius 2 is 1.90 bits per heavy atom. The van der Waals surface area contributed by atoms with Crippen molar-refractivity contribution in [3.8, 4) is 0 Å². The average Bonchev–Trinajstić information content (AvgIpc) is 2.32. The van der Waals surface area contributed by atoms with Gasteiger partial charge in [0.1, 0.15) is 10.7 Å². The zero-order valence-electron chi connectivity index (χ0n) is 9.90. The quantitative estimate of drug-likeness (QED) is 0.800. The lowest BCUT2D eigenvalue weighted by Gasteiger charge is -2.11. The molecule has 0 fully saturated rings. The first-order chi connectivity index (χ1) is 9.29. The molecule has 106 valence electrons. The van der Waals surface area contributed by atoms with Gasteiger partial charge in [0, 0.05) is 15.2 Å². The molecule has 0 aliphatic rings. The first-order valence-electron chi connectivity index (χ1n) is 5.32. The Hall–Kier alpha value is -1.31. The summed E-state index contributed by atoms with van der Waals surface area (Å²) >= 11 is 8.94.